The first-order valence-electron chi connectivity index (χ1n) is 7.13. The van der Waals surface area contributed by atoms with E-state index in [1.165, 1.54) is 0 Å². The van der Waals surface area contributed by atoms with E-state index in [0.717, 1.165) is 35.0 Å². The maximum Gasteiger partial charge on any atom is 0.234 e. The summed E-state index contributed by atoms with van der Waals surface area (Å²) < 4.78 is 1.01. The summed E-state index contributed by atoms with van der Waals surface area (Å²) >= 11 is 3.41. The summed E-state index contributed by atoms with van der Waals surface area (Å²) in [6, 6.07) is 7.73. The Labute approximate surface area is 128 Å². The third-order valence-electron chi connectivity index (χ3n) is 5.43. The number of amides is 1. The highest BCUT2D eigenvalue weighted by Gasteiger charge is 2.60. The second-order valence-electron chi connectivity index (χ2n) is 6.68. The van der Waals surface area contributed by atoms with Crippen LogP contribution < -0.4 is 5.32 Å². The molecular formula is C17H20BrNO. The van der Waals surface area contributed by atoms with E-state index < -0.39 is 0 Å². The van der Waals surface area contributed by atoms with Gasteiger partial charge in [-0.1, -0.05) is 41.9 Å². The molecule has 20 heavy (non-hydrogen) atoms. The molecule has 1 aromatic rings. The molecule has 0 unspecified atom stereocenters. The molecule has 0 spiro atoms. The van der Waals surface area contributed by atoms with Crippen LogP contribution in [0.2, 0.25) is 0 Å². The Kier molecular flexibility index (Phi) is 3.09. The van der Waals surface area contributed by atoms with E-state index in [2.05, 4.69) is 41.7 Å². The van der Waals surface area contributed by atoms with Gasteiger partial charge in [-0.3, -0.25) is 4.79 Å². The van der Waals surface area contributed by atoms with Gasteiger partial charge in [-0.15, -0.1) is 0 Å². The Bertz CT molecular complexity index is 575. The monoisotopic (exact) mass is 333 g/mol. The fourth-order valence-electron chi connectivity index (χ4n) is 3.93. The third-order valence-corrected chi connectivity index (χ3v) is 5.96. The fraction of sp³-hybridized carbons (Fsp3) is 0.471. The van der Waals surface area contributed by atoms with Crippen molar-refractivity contribution < 1.29 is 4.79 Å². The number of carbonyl (C=O) groups is 1. The van der Waals surface area contributed by atoms with Gasteiger partial charge in [0.2, 0.25) is 5.91 Å². The van der Waals surface area contributed by atoms with Crippen molar-refractivity contribution in [2.45, 2.75) is 33.1 Å². The fourth-order valence-corrected chi connectivity index (χ4v) is 4.19. The molecule has 0 aromatic heterocycles. The Balaban J connectivity index is 1.84. The Hall–Kier alpha value is -1.09. The topological polar surface area (TPSA) is 29.1 Å². The summed E-state index contributed by atoms with van der Waals surface area (Å²) in [7, 11) is 0. The van der Waals surface area contributed by atoms with Crippen molar-refractivity contribution in [1.29, 1.82) is 0 Å². The van der Waals surface area contributed by atoms with Crippen LogP contribution in [0.3, 0.4) is 0 Å². The van der Waals surface area contributed by atoms with Gasteiger partial charge in [-0.25, -0.2) is 0 Å². The van der Waals surface area contributed by atoms with Gasteiger partial charge in [0, 0.05) is 10.2 Å². The minimum absolute atomic E-state index is 0.0926. The van der Waals surface area contributed by atoms with Crippen LogP contribution >= 0.6 is 15.9 Å². The number of benzene rings is 1. The summed E-state index contributed by atoms with van der Waals surface area (Å²) in [5, 5.41) is 3.08. The molecule has 2 aliphatic carbocycles. The Morgan fingerprint density at radius 1 is 1.35 bits per heavy atom. The number of fused-ring (bicyclic) bond motifs is 2. The summed E-state index contributed by atoms with van der Waals surface area (Å²) in [4.78, 5) is 12.8. The molecule has 3 rings (SSSR count). The molecular weight excluding hydrogens is 314 g/mol. The highest BCUT2D eigenvalue weighted by atomic mass is 79.9. The number of hydrogen-bond donors (Lipinski definition) is 1. The van der Waals surface area contributed by atoms with Crippen LogP contribution in [0.5, 0.6) is 0 Å². The normalized spacial score (nSPS) is 30.6. The summed E-state index contributed by atoms with van der Waals surface area (Å²) in [6.45, 7) is 8.73. The van der Waals surface area contributed by atoms with Crippen molar-refractivity contribution >= 4 is 27.5 Å². The van der Waals surface area contributed by atoms with Gasteiger partial charge in [-0.05, 0) is 54.9 Å². The number of hydrogen-bond acceptors (Lipinski definition) is 1. The van der Waals surface area contributed by atoms with E-state index in [9.17, 15) is 4.79 Å². The molecule has 1 amide bonds. The molecule has 1 N–H and O–H groups in total. The average Bonchev–Trinajstić information content (AvgIpc) is 2.93. The maximum atomic E-state index is 12.8. The van der Waals surface area contributed by atoms with Crippen molar-refractivity contribution in [3.63, 3.8) is 0 Å². The molecule has 0 aliphatic heterocycles. The van der Waals surface area contributed by atoms with Crippen LogP contribution in [-0.2, 0) is 4.79 Å². The van der Waals surface area contributed by atoms with Crippen LogP contribution in [0.15, 0.2) is 40.9 Å². The highest BCUT2D eigenvalue weighted by molar-refractivity contribution is 9.10. The molecule has 2 fully saturated rings. The van der Waals surface area contributed by atoms with Crippen molar-refractivity contribution in [3.8, 4) is 0 Å². The van der Waals surface area contributed by atoms with Crippen molar-refractivity contribution in [1.82, 2.24) is 0 Å². The lowest BCUT2D eigenvalue weighted by Crippen LogP contribution is -2.37. The minimum atomic E-state index is -0.346. The summed E-state index contributed by atoms with van der Waals surface area (Å²) in [6.07, 6.45) is 3.04. The molecule has 3 heteroatoms. The SMILES string of the molecule is C=C1C(C)(C)[C@@H]2CC[C@]1(C(=O)Nc1ccc(Br)cc1)C2. The van der Waals surface area contributed by atoms with E-state index in [4.69, 9.17) is 0 Å². The molecule has 106 valence electrons. The van der Waals surface area contributed by atoms with E-state index in [1.54, 1.807) is 0 Å². The van der Waals surface area contributed by atoms with Gasteiger partial charge >= 0.3 is 0 Å². The lowest BCUT2D eigenvalue weighted by atomic mass is 9.68. The van der Waals surface area contributed by atoms with Crippen molar-refractivity contribution in [3.05, 3.63) is 40.9 Å². The Morgan fingerprint density at radius 3 is 2.55 bits per heavy atom. The molecule has 0 heterocycles. The average molecular weight is 334 g/mol. The van der Waals surface area contributed by atoms with Gasteiger partial charge in [0.05, 0.1) is 5.41 Å². The second kappa shape index (κ2) is 4.45. The van der Waals surface area contributed by atoms with Crippen LogP contribution in [-0.4, -0.2) is 5.91 Å². The van der Waals surface area contributed by atoms with Gasteiger partial charge in [0.1, 0.15) is 0 Å². The van der Waals surface area contributed by atoms with E-state index in [1.807, 2.05) is 24.3 Å². The van der Waals surface area contributed by atoms with E-state index in [0.29, 0.717) is 5.92 Å². The number of carbonyl (C=O) groups excluding carboxylic acids is 1. The van der Waals surface area contributed by atoms with E-state index in [-0.39, 0.29) is 16.7 Å². The zero-order valence-electron chi connectivity index (χ0n) is 12.0. The summed E-state index contributed by atoms with van der Waals surface area (Å²) in [5.41, 5.74) is 1.72. The quantitative estimate of drug-likeness (QED) is 0.776. The highest BCUT2D eigenvalue weighted by Crippen LogP contribution is 2.65. The summed E-state index contributed by atoms with van der Waals surface area (Å²) in [5.74, 6) is 0.726. The first kappa shape index (κ1) is 13.9. The minimum Gasteiger partial charge on any atom is -0.325 e. The van der Waals surface area contributed by atoms with Crippen LogP contribution in [0.25, 0.3) is 0 Å². The van der Waals surface area contributed by atoms with Crippen LogP contribution in [0.1, 0.15) is 33.1 Å². The molecule has 2 bridgehead atoms. The first-order valence-corrected chi connectivity index (χ1v) is 7.92. The molecule has 0 radical (unpaired) electrons. The standard InChI is InChI=1S/C17H20BrNO/c1-11-16(2,3)12-8-9-17(11,10-12)15(20)19-14-6-4-13(18)5-7-14/h4-7,12H,1,8-10H2,2-3H3,(H,19,20)/t12-,17+/m1/s1. The Morgan fingerprint density at radius 2 is 2.00 bits per heavy atom. The number of nitrogens with one attached hydrogen (secondary N) is 1. The molecule has 0 saturated heterocycles. The lowest BCUT2D eigenvalue weighted by Gasteiger charge is -2.37. The lowest BCUT2D eigenvalue weighted by molar-refractivity contribution is -0.123. The largest absolute Gasteiger partial charge is 0.325 e. The third kappa shape index (κ3) is 1.86. The maximum absolute atomic E-state index is 12.8. The van der Waals surface area contributed by atoms with Gasteiger partial charge in [-0.2, -0.15) is 0 Å². The predicted octanol–water partition coefficient (Wildman–Crippen LogP) is 4.77. The zero-order valence-corrected chi connectivity index (χ0v) is 13.6. The van der Waals surface area contributed by atoms with Crippen molar-refractivity contribution in [2.24, 2.45) is 16.7 Å². The van der Waals surface area contributed by atoms with Crippen LogP contribution in [0, 0.1) is 16.7 Å². The van der Waals surface area contributed by atoms with Crippen LogP contribution in [0.4, 0.5) is 5.69 Å². The number of rotatable bonds is 2. The first-order chi connectivity index (χ1) is 9.36. The van der Waals surface area contributed by atoms with Crippen molar-refractivity contribution in [2.75, 3.05) is 5.32 Å². The molecule has 2 saturated carbocycles. The van der Waals surface area contributed by atoms with Gasteiger partial charge in [0.15, 0.2) is 0 Å². The van der Waals surface area contributed by atoms with E-state index >= 15 is 0 Å². The predicted molar refractivity (Wildman–Crippen MR) is 85.5 cm³/mol. The van der Waals surface area contributed by atoms with Gasteiger partial charge in [0.25, 0.3) is 0 Å². The second-order valence-corrected chi connectivity index (χ2v) is 7.60. The molecule has 2 nitrogen and oxygen atoms in total. The smallest absolute Gasteiger partial charge is 0.234 e. The number of anilines is 1. The molecule has 1 aromatic carbocycles. The molecule has 2 aliphatic rings. The van der Waals surface area contributed by atoms with Gasteiger partial charge < -0.3 is 5.32 Å². The molecule has 2 atom stereocenters. The zero-order chi connectivity index (χ0) is 14.5. The number of halogens is 1.